The summed E-state index contributed by atoms with van der Waals surface area (Å²) in [7, 11) is 0. The van der Waals surface area contributed by atoms with Crippen molar-refractivity contribution in [2.45, 2.75) is 98.3 Å². The average Bonchev–Trinajstić information content (AvgIpc) is 2.38. The fraction of sp³-hybridized carbons (Fsp3) is 0.842. The minimum absolute atomic E-state index is 0. The lowest BCUT2D eigenvalue weighted by Gasteiger charge is -2.14. The molecule has 0 spiro atoms. The summed E-state index contributed by atoms with van der Waals surface area (Å²) in [6, 6.07) is 0. The number of aliphatic carboxylic acids is 1. The second kappa shape index (κ2) is 16.5. The van der Waals surface area contributed by atoms with Gasteiger partial charge in [-0.1, -0.05) is 91.6 Å². The largest absolute Gasteiger partial charge is 0.478 e. The predicted molar refractivity (Wildman–Crippen MR) is 107 cm³/mol. The molecule has 0 saturated heterocycles. The maximum Gasteiger partial charge on any atom is 0.331 e. The van der Waals surface area contributed by atoms with Crippen LogP contribution in [0.15, 0.2) is 11.6 Å². The smallest absolute Gasteiger partial charge is 0.331 e. The SMILES string of the molecule is Br.CCCCCCCCCCCC/C(=C/C(C)(C)C)C(=O)O.N. The van der Waals surface area contributed by atoms with Crippen LogP contribution < -0.4 is 6.15 Å². The van der Waals surface area contributed by atoms with Gasteiger partial charge in [0, 0.05) is 5.57 Å². The van der Waals surface area contributed by atoms with Crippen molar-refractivity contribution in [1.82, 2.24) is 6.15 Å². The molecule has 0 aromatic rings. The summed E-state index contributed by atoms with van der Waals surface area (Å²) in [5, 5.41) is 9.21. The van der Waals surface area contributed by atoms with Gasteiger partial charge in [-0.15, -0.1) is 17.0 Å². The summed E-state index contributed by atoms with van der Waals surface area (Å²) in [4.78, 5) is 11.2. The molecule has 3 nitrogen and oxygen atoms in total. The molecule has 0 aliphatic rings. The summed E-state index contributed by atoms with van der Waals surface area (Å²) in [6.07, 6.45) is 15.5. The highest BCUT2D eigenvalue weighted by molar-refractivity contribution is 8.93. The molecule has 140 valence electrons. The highest BCUT2D eigenvalue weighted by Gasteiger charge is 2.13. The molecule has 0 rings (SSSR count). The van der Waals surface area contributed by atoms with E-state index in [1.54, 1.807) is 0 Å². The van der Waals surface area contributed by atoms with Gasteiger partial charge in [-0.2, -0.15) is 0 Å². The quantitative estimate of drug-likeness (QED) is 0.274. The number of allylic oxidation sites excluding steroid dienone is 1. The summed E-state index contributed by atoms with van der Waals surface area (Å²) < 4.78 is 0. The van der Waals surface area contributed by atoms with Crippen LogP contribution in [0.1, 0.15) is 98.3 Å². The van der Waals surface area contributed by atoms with Crippen molar-refractivity contribution >= 4 is 23.0 Å². The van der Waals surface area contributed by atoms with Crippen LogP contribution in [-0.2, 0) is 4.79 Å². The second-order valence-corrected chi connectivity index (χ2v) is 7.27. The Kier molecular flexibility index (Phi) is 19.7. The van der Waals surface area contributed by atoms with E-state index in [0.717, 1.165) is 12.8 Å². The first-order valence-electron chi connectivity index (χ1n) is 8.82. The molecule has 0 saturated carbocycles. The van der Waals surface area contributed by atoms with Crippen molar-refractivity contribution in [2.24, 2.45) is 5.41 Å². The Morgan fingerprint density at radius 1 is 0.870 bits per heavy atom. The lowest BCUT2D eigenvalue weighted by atomic mass is 9.91. The van der Waals surface area contributed by atoms with Crippen molar-refractivity contribution in [2.75, 3.05) is 0 Å². The lowest BCUT2D eigenvalue weighted by molar-refractivity contribution is -0.132. The molecule has 0 aromatic carbocycles. The number of unbranched alkanes of at least 4 members (excludes halogenated alkanes) is 9. The molecule has 4 heteroatoms. The van der Waals surface area contributed by atoms with Crippen LogP contribution in [0.5, 0.6) is 0 Å². The maximum atomic E-state index is 11.2. The Balaban J connectivity index is -0.00000200. The summed E-state index contributed by atoms with van der Waals surface area (Å²) in [5.74, 6) is -0.749. The maximum absolute atomic E-state index is 11.2. The van der Waals surface area contributed by atoms with Crippen molar-refractivity contribution in [3.05, 3.63) is 11.6 Å². The van der Waals surface area contributed by atoms with E-state index in [-0.39, 0.29) is 28.5 Å². The molecule has 0 amide bonds. The summed E-state index contributed by atoms with van der Waals surface area (Å²) in [5.41, 5.74) is 0.536. The third-order valence-corrected chi connectivity index (χ3v) is 3.68. The molecule has 0 heterocycles. The number of halogens is 1. The van der Waals surface area contributed by atoms with Crippen molar-refractivity contribution < 1.29 is 9.90 Å². The van der Waals surface area contributed by atoms with Crippen LogP contribution >= 0.6 is 17.0 Å². The minimum Gasteiger partial charge on any atom is -0.478 e. The van der Waals surface area contributed by atoms with Crippen LogP contribution in [0.3, 0.4) is 0 Å². The van der Waals surface area contributed by atoms with Gasteiger partial charge in [0.25, 0.3) is 0 Å². The molecule has 0 radical (unpaired) electrons. The second-order valence-electron chi connectivity index (χ2n) is 7.27. The first kappa shape index (κ1) is 27.5. The van der Waals surface area contributed by atoms with Gasteiger partial charge in [-0.05, 0) is 18.3 Å². The van der Waals surface area contributed by atoms with Gasteiger partial charge < -0.3 is 11.3 Å². The van der Waals surface area contributed by atoms with Gasteiger partial charge in [0.05, 0.1) is 0 Å². The van der Waals surface area contributed by atoms with Crippen molar-refractivity contribution in [3.8, 4) is 0 Å². The molecular formula is C19H40BrNO2. The van der Waals surface area contributed by atoms with Gasteiger partial charge in [0.15, 0.2) is 0 Å². The van der Waals surface area contributed by atoms with Crippen LogP contribution in [0.2, 0.25) is 0 Å². The highest BCUT2D eigenvalue weighted by atomic mass is 79.9. The molecule has 0 aromatic heterocycles. The van der Waals surface area contributed by atoms with Crippen molar-refractivity contribution in [3.63, 3.8) is 0 Å². The van der Waals surface area contributed by atoms with Crippen LogP contribution in [0, 0.1) is 5.41 Å². The van der Waals surface area contributed by atoms with E-state index < -0.39 is 5.97 Å². The molecule has 0 atom stereocenters. The number of rotatable bonds is 12. The number of carbonyl (C=O) groups is 1. The van der Waals surface area contributed by atoms with Gasteiger partial charge in [-0.25, -0.2) is 4.79 Å². The van der Waals surface area contributed by atoms with E-state index >= 15 is 0 Å². The Hall–Kier alpha value is -0.350. The predicted octanol–water partition coefficient (Wildman–Crippen LogP) is 7.09. The molecule has 0 aliphatic heterocycles. The average molecular weight is 394 g/mol. The zero-order chi connectivity index (χ0) is 16.1. The molecule has 0 bridgehead atoms. The standard InChI is InChI=1S/C19H36O2.BrH.H3N/c1-5-6-7-8-9-10-11-12-13-14-15-17(18(20)21)16-19(2,3)4;;/h16H,5-15H2,1-4H3,(H,20,21);1H;1H3/b17-16-;;. The third-order valence-electron chi connectivity index (χ3n) is 3.68. The fourth-order valence-corrected chi connectivity index (χ4v) is 2.57. The summed E-state index contributed by atoms with van der Waals surface area (Å²) >= 11 is 0. The highest BCUT2D eigenvalue weighted by Crippen LogP contribution is 2.21. The topological polar surface area (TPSA) is 72.3 Å². The zero-order valence-electron chi connectivity index (χ0n) is 15.8. The molecule has 23 heavy (non-hydrogen) atoms. The van der Waals surface area contributed by atoms with Gasteiger partial charge in [0.2, 0.25) is 0 Å². The first-order chi connectivity index (χ1) is 9.87. The van der Waals surface area contributed by atoms with Gasteiger partial charge in [-0.3, -0.25) is 0 Å². The van der Waals surface area contributed by atoms with Gasteiger partial charge in [0.1, 0.15) is 0 Å². The number of hydrogen-bond acceptors (Lipinski definition) is 2. The van der Waals surface area contributed by atoms with Gasteiger partial charge >= 0.3 is 5.97 Å². The van der Waals surface area contributed by atoms with E-state index in [1.807, 2.05) is 6.08 Å². The number of hydrogen-bond donors (Lipinski definition) is 2. The Morgan fingerprint density at radius 2 is 1.26 bits per heavy atom. The molecular weight excluding hydrogens is 354 g/mol. The molecule has 4 N–H and O–H groups in total. The van der Waals surface area contributed by atoms with E-state index in [2.05, 4.69) is 27.7 Å². The Morgan fingerprint density at radius 3 is 1.61 bits per heavy atom. The zero-order valence-corrected chi connectivity index (χ0v) is 17.5. The summed E-state index contributed by atoms with van der Waals surface area (Å²) in [6.45, 7) is 8.40. The lowest BCUT2D eigenvalue weighted by Crippen LogP contribution is -2.08. The van der Waals surface area contributed by atoms with Crippen LogP contribution in [0.25, 0.3) is 0 Å². The third kappa shape index (κ3) is 19.6. The Labute approximate surface area is 154 Å². The normalized spacial score (nSPS) is 11.6. The van der Waals surface area contributed by atoms with E-state index in [0.29, 0.717) is 12.0 Å². The van der Waals surface area contributed by atoms with E-state index in [1.165, 1.54) is 51.4 Å². The minimum atomic E-state index is -0.749. The van der Waals surface area contributed by atoms with Crippen molar-refractivity contribution in [1.29, 1.82) is 0 Å². The first-order valence-corrected chi connectivity index (χ1v) is 8.82. The fourth-order valence-electron chi connectivity index (χ4n) is 2.57. The molecule has 0 aliphatic carbocycles. The van der Waals surface area contributed by atoms with Crippen LogP contribution in [0.4, 0.5) is 0 Å². The van der Waals surface area contributed by atoms with Crippen LogP contribution in [-0.4, -0.2) is 11.1 Å². The molecule has 0 fully saturated rings. The number of carboxylic acid groups (broad SMARTS) is 1. The van der Waals surface area contributed by atoms with E-state index in [4.69, 9.17) is 0 Å². The number of carboxylic acids is 1. The molecule has 0 unspecified atom stereocenters. The monoisotopic (exact) mass is 393 g/mol. The van der Waals surface area contributed by atoms with E-state index in [9.17, 15) is 9.90 Å². The Bertz CT molecular complexity index is 309.